The number of piperidine rings is 1. The van der Waals surface area contributed by atoms with E-state index in [9.17, 15) is 4.79 Å². The van der Waals surface area contributed by atoms with Crippen molar-refractivity contribution in [1.29, 1.82) is 0 Å². The maximum absolute atomic E-state index is 12.5. The molecule has 0 bridgehead atoms. The minimum Gasteiger partial charge on any atom is -0.396 e. The lowest BCUT2D eigenvalue weighted by Gasteiger charge is -2.26. The molecule has 2 heterocycles. The monoisotopic (exact) mass is 335 g/mol. The molecule has 2 aliphatic rings. The zero-order chi connectivity index (χ0) is 16.2. The number of hydrogen-bond donors (Lipinski definition) is 2. The maximum atomic E-state index is 12.5. The highest BCUT2D eigenvalue weighted by Gasteiger charge is 2.21. The first-order valence-electron chi connectivity index (χ1n) is 8.18. The molecule has 5 nitrogen and oxygen atoms in total. The molecule has 1 aliphatic carbocycles. The normalized spacial score (nSPS) is 24.0. The summed E-state index contributed by atoms with van der Waals surface area (Å²) in [6.45, 7) is 1.77. The molecule has 6 heteroatoms. The summed E-state index contributed by atoms with van der Waals surface area (Å²) in [6, 6.07) is 1.80. The summed E-state index contributed by atoms with van der Waals surface area (Å²) in [5, 5.41) is 12.9. The number of rotatable bonds is 4. The van der Waals surface area contributed by atoms with Crippen LogP contribution in [0.1, 0.15) is 36.0 Å². The van der Waals surface area contributed by atoms with Crippen LogP contribution in [0.15, 0.2) is 24.4 Å². The average Bonchev–Trinajstić information content (AvgIpc) is 3.04. The fourth-order valence-electron chi connectivity index (χ4n) is 3.13. The van der Waals surface area contributed by atoms with Gasteiger partial charge in [-0.2, -0.15) is 0 Å². The van der Waals surface area contributed by atoms with E-state index in [1.54, 1.807) is 12.3 Å². The molecule has 0 unspecified atom stereocenters. The third kappa shape index (κ3) is 3.85. The Hall–Kier alpha value is -1.59. The van der Waals surface area contributed by atoms with Crippen LogP contribution in [-0.2, 0) is 0 Å². The molecule has 3 rings (SSSR count). The van der Waals surface area contributed by atoms with Gasteiger partial charge in [-0.25, -0.2) is 4.98 Å². The summed E-state index contributed by atoms with van der Waals surface area (Å²) in [5.74, 6) is 0.771. The molecule has 2 atom stereocenters. The summed E-state index contributed by atoms with van der Waals surface area (Å²) < 4.78 is 0. The summed E-state index contributed by atoms with van der Waals surface area (Å²) in [6.07, 6.45) is 9.75. The van der Waals surface area contributed by atoms with Crippen molar-refractivity contribution in [2.75, 3.05) is 25.0 Å². The van der Waals surface area contributed by atoms with Crippen LogP contribution < -0.4 is 5.32 Å². The molecule has 1 aromatic heterocycles. The number of likely N-dealkylation sites (tertiary alicyclic amines) is 1. The maximum Gasteiger partial charge on any atom is 0.255 e. The average molecular weight is 336 g/mol. The van der Waals surface area contributed by atoms with Gasteiger partial charge < -0.3 is 15.3 Å². The van der Waals surface area contributed by atoms with Crippen LogP contribution >= 0.6 is 11.6 Å². The van der Waals surface area contributed by atoms with Gasteiger partial charge in [0.15, 0.2) is 0 Å². The second-order valence-electron chi connectivity index (χ2n) is 6.22. The van der Waals surface area contributed by atoms with Crippen LogP contribution in [0.25, 0.3) is 0 Å². The zero-order valence-corrected chi connectivity index (χ0v) is 13.8. The molecule has 124 valence electrons. The standard InChI is InChI=1S/C17H22ClN3O2/c18-15-9-13(17(23)21-6-2-1-3-7-21)10-19-16(15)20-14-5-4-12(8-14)11-22/h4-5,9-10,12,14,22H,1-3,6-8,11H2,(H,19,20)/t12-,14+/m0/s1. The number of pyridine rings is 1. The minimum absolute atomic E-state index is 0.00626. The number of carbonyl (C=O) groups excluding carboxylic acids is 1. The largest absolute Gasteiger partial charge is 0.396 e. The van der Waals surface area contributed by atoms with Crippen molar-refractivity contribution in [3.8, 4) is 0 Å². The van der Waals surface area contributed by atoms with Crippen molar-refractivity contribution in [3.05, 3.63) is 35.0 Å². The summed E-state index contributed by atoms with van der Waals surface area (Å²) in [4.78, 5) is 18.6. The Kier molecular flexibility index (Phi) is 5.18. The Morgan fingerprint density at radius 1 is 1.35 bits per heavy atom. The Balaban J connectivity index is 1.66. The van der Waals surface area contributed by atoms with E-state index >= 15 is 0 Å². The molecule has 0 saturated carbocycles. The fourth-order valence-corrected chi connectivity index (χ4v) is 3.35. The van der Waals surface area contributed by atoms with Gasteiger partial charge in [-0.15, -0.1) is 0 Å². The lowest BCUT2D eigenvalue weighted by molar-refractivity contribution is 0.0724. The van der Waals surface area contributed by atoms with E-state index in [0.29, 0.717) is 16.4 Å². The van der Waals surface area contributed by atoms with Gasteiger partial charge in [0.25, 0.3) is 5.91 Å². The van der Waals surface area contributed by atoms with Crippen molar-refractivity contribution in [1.82, 2.24) is 9.88 Å². The predicted octanol–water partition coefficient (Wildman–Crippen LogP) is 2.71. The Morgan fingerprint density at radius 2 is 2.13 bits per heavy atom. The molecule has 0 aromatic carbocycles. The van der Waals surface area contributed by atoms with Gasteiger partial charge in [0.05, 0.1) is 10.6 Å². The topological polar surface area (TPSA) is 65.5 Å². The first kappa shape index (κ1) is 16.3. The number of carbonyl (C=O) groups is 1. The smallest absolute Gasteiger partial charge is 0.255 e. The fraction of sp³-hybridized carbons (Fsp3) is 0.529. The highest BCUT2D eigenvalue weighted by molar-refractivity contribution is 6.33. The van der Waals surface area contributed by atoms with Gasteiger partial charge in [0, 0.05) is 37.9 Å². The molecule has 1 aromatic rings. The molecule has 23 heavy (non-hydrogen) atoms. The van der Waals surface area contributed by atoms with Crippen molar-refractivity contribution in [2.24, 2.45) is 5.92 Å². The Morgan fingerprint density at radius 3 is 2.78 bits per heavy atom. The first-order valence-corrected chi connectivity index (χ1v) is 8.55. The molecule has 1 amide bonds. The van der Waals surface area contributed by atoms with E-state index in [4.69, 9.17) is 16.7 Å². The lowest BCUT2D eigenvalue weighted by Crippen LogP contribution is -2.35. The van der Waals surface area contributed by atoms with Crippen LogP contribution in [0, 0.1) is 5.92 Å². The first-order chi connectivity index (χ1) is 11.2. The van der Waals surface area contributed by atoms with Gasteiger partial charge >= 0.3 is 0 Å². The zero-order valence-electron chi connectivity index (χ0n) is 13.0. The van der Waals surface area contributed by atoms with E-state index in [-0.39, 0.29) is 24.5 Å². The van der Waals surface area contributed by atoms with Gasteiger partial charge in [-0.05, 0) is 31.7 Å². The van der Waals surface area contributed by atoms with Crippen molar-refractivity contribution in [3.63, 3.8) is 0 Å². The molecule has 1 fully saturated rings. The third-order valence-electron chi connectivity index (χ3n) is 4.46. The number of amides is 1. The molecule has 2 N–H and O–H groups in total. The summed E-state index contributed by atoms with van der Waals surface area (Å²) in [5.41, 5.74) is 0.539. The predicted molar refractivity (Wildman–Crippen MR) is 90.7 cm³/mol. The number of aliphatic hydroxyl groups excluding tert-OH is 1. The second kappa shape index (κ2) is 7.32. The second-order valence-corrected chi connectivity index (χ2v) is 6.63. The Bertz CT molecular complexity index is 600. The van der Waals surface area contributed by atoms with E-state index in [1.807, 2.05) is 17.1 Å². The molecule has 0 spiro atoms. The highest BCUT2D eigenvalue weighted by Crippen LogP contribution is 2.26. The number of hydrogen-bond acceptors (Lipinski definition) is 4. The summed E-state index contributed by atoms with van der Waals surface area (Å²) >= 11 is 6.29. The van der Waals surface area contributed by atoms with E-state index < -0.39 is 0 Å². The van der Waals surface area contributed by atoms with Gasteiger partial charge in [0.2, 0.25) is 0 Å². The molecule has 0 radical (unpaired) electrons. The van der Waals surface area contributed by atoms with E-state index in [2.05, 4.69) is 10.3 Å². The van der Waals surface area contributed by atoms with Crippen molar-refractivity contribution < 1.29 is 9.90 Å². The SMILES string of the molecule is O=C(c1cnc(N[C@@H]2C=C[C@H](CO)C2)c(Cl)c1)N1CCCCC1. The number of halogens is 1. The van der Waals surface area contributed by atoms with Crippen LogP contribution in [-0.4, -0.2) is 46.6 Å². The minimum atomic E-state index is 0.00626. The number of aromatic nitrogens is 1. The number of aliphatic hydroxyl groups is 1. The van der Waals surface area contributed by atoms with Gasteiger partial charge in [-0.3, -0.25) is 4.79 Å². The molecular weight excluding hydrogens is 314 g/mol. The van der Waals surface area contributed by atoms with E-state index in [1.165, 1.54) is 6.42 Å². The van der Waals surface area contributed by atoms with E-state index in [0.717, 1.165) is 32.4 Å². The van der Waals surface area contributed by atoms with Crippen molar-refractivity contribution in [2.45, 2.75) is 31.7 Å². The molecular formula is C17H22ClN3O2. The third-order valence-corrected chi connectivity index (χ3v) is 4.75. The number of anilines is 1. The lowest BCUT2D eigenvalue weighted by atomic mass is 10.1. The Labute approximate surface area is 141 Å². The molecule has 1 saturated heterocycles. The van der Waals surface area contributed by atoms with Gasteiger partial charge in [-0.1, -0.05) is 23.8 Å². The van der Waals surface area contributed by atoms with Gasteiger partial charge in [0.1, 0.15) is 5.82 Å². The van der Waals surface area contributed by atoms with Crippen LogP contribution in [0.3, 0.4) is 0 Å². The summed E-state index contributed by atoms with van der Waals surface area (Å²) in [7, 11) is 0. The number of nitrogens with one attached hydrogen (secondary N) is 1. The van der Waals surface area contributed by atoms with Crippen LogP contribution in [0.5, 0.6) is 0 Å². The van der Waals surface area contributed by atoms with Crippen LogP contribution in [0.4, 0.5) is 5.82 Å². The van der Waals surface area contributed by atoms with Crippen LogP contribution in [0.2, 0.25) is 5.02 Å². The highest BCUT2D eigenvalue weighted by atomic mass is 35.5. The quantitative estimate of drug-likeness (QED) is 0.830. The molecule has 1 aliphatic heterocycles. The van der Waals surface area contributed by atoms with Crippen molar-refractivity contribution >= 4 is 23.3 Å². The number of nitrogens with zero attached hydrogens (tertiary/aromatic N) is 2.